The Morgan fingerprint density at radius 2 is 1.64 bits per heavy atom. The molecule has 0 spiro atoms. The van der Waals surface area contributed by atoms with Crippen LogP contribution in [0.4, 0.5) is 10.1 Å². The Labute approximate surface area is 199 Å². The number of nitrogens with zero attached hydrogens (tertiary/aromatic N) is 1. The molecule has 0 atom stereocenters. The molecule has 0 aliphatic carbocycles. The number of carbonyl (C=O) groups is 1. The lowest BCUT2D eigenvalue weighted by molar-refractivity contribution is -0.116. The summed E-state index contributed by atoms with van der Waals surface area (Å²) in [6.07, 6.45) is 0.444. The lowest BCUT2D eigenvalue weighted by atomic mass is 10.1. The third-order valence-electron chi connectivity index (χ3n) is 5.22. The number of sulfonamides is 1. The summed E-state index contributed by atoms with van der Waals surface area (Å²) in [5.41, 5.74) is 3.46. The minimum Gasteiger partial charge on any atom is -0.325 e. The topological polar surface area (TPSA) is 66.5 Å². The van der Waals surface area contributed by atoms with Crippen LogP contribution in [0.1, 0.15) is 22.3 Å². The van der Waals surface area contributed by atoms with Gasteiger partial charge in [-0.05, 0) is 62.1 Å². The molecule has 3 aromatic carbocycles. The van der Waals surface area contributed by atoms with E-state index in [1.54, 1.807) is 13.8 Å². The minimum absolute atomic E-state index is 0.122. The molecule has 0 radical (unpaired) electrons. The van der Waals surface area contributed by atoms with Crippen molar-refractivity contribution in [1.29, 1.82) is 0 Å². The molecule has 174 valence electrons. The van der Waals surface area contributed by atoms with Crippen LogP contribution >= 0.6 is 11.6 Å². The van der Waals surface area contributed by atoms with E-state index in [9.17, 15) is 17.6 Å². The summed E-state index contributed by atoms with van der Waals surface area (Å²) >= 11 is 5.79. The number of amides is 1. The smallest absolute Gasteiger partial charge is 0.244 e. The Balaban J connectivity index is 1.90. The summed E-state index contributed by atoms with van der Waals surface area (Å²) in [5.74, 6) is -1.15. The molecule has 0 aliphatic heterocycles. The summed E-state index contributed by atoms with van der Waals surface area (Å²) < 4.78 is 41.9. The van der Waals surface area contributed by atoms with E-state index in [-0.39, 0.29) is 22.2 Å². The van der Waals surface area contributed by atoms with Crippen molar-refractivity contribution < 1.29 is 17.6 Å². The summed E-state index contributed by atoms with van der Waals surface area (Å²) in [4.78, 5) is 13.0. The predicted octanol–water partition coefficient (Wildman–Crippen LogP) is 5.28. The Kier molecular flexibility index (Phi) is 7.89. The average Bonchev–Trinajstić information content (AvgIpc) is 2.73. The highest BCUT2D eigenvalue weighted by Crippen LogP contribution is 2.26. The normalized spacial score (nSPS) is 11.6. The molecule has 1 N–H and O–H groups in total. The van der Waals surface area contributed by atoms with E-state index >= 15 is 0 Å². The van der Waals surface area contributed by atoms with Gasteiger partial charge in [-0.2, -0.15) is 4.31 Å². The number of carbonyl (C=O) groups excluding carboxylic acids is 1. The lowest BCUT2D eigenvalue weighted by Crippen LogP contribution is -2.39. The molecule has 3 rings (SSSR count). The maximum absolute atomic E-state index is 13.7. The molecule has 0 bridgehead atoms. The zero-order valence-electron chi connectivity index (χ0n) is 18.7. The highest BCUT2D eigenvalue weighted by Gasteiger charge is 2.29. The van der Waals surface area contributed by atoms with Crippen LogP contribution in [-0.4, -0.2) is 31.7 Å². The van der Waals surface area contributed by atoms with Crippen LogP contribution in [0.2, 0.25) is 5.02 Å². The van der Waals surface area contributed by atoms with E-state index in [1.165, 1.54) is 16.4 Å². The summed E-state index contributed by atoms with van der Waals surface area (Å²) in [5, 5.41) is 2.47. The van der Waals surface area contributed by atoms with Gasteiger partial charge in [-0.3, -0.25) is 4.79 Å². The fourth-order valence-corrected chi connectivity index (χ4v) is 5.81. The van der Waals surface area contributed by atoms with Crippen LogP contribution < -0.4 is 5.32 Å². The Bertz CT molecular complexity index is 1240. The number of hydrogen-bond acceptors (Lipinski definition) is 3. The number of anilines is 1. The number of hydrogen-bond donors (Lipinski definition) is 1. The largest absolute Gasteiger partial charge is 0.325 e. The highest BCUT2D eigenvalue weighted by molar-refractivity contribution is 7.89. The van der Waals surface area contributed by atoms with Gasteiger partial charge in [0.05, 0.1) is 16.5 Å². The fraction of sp³-hybridized carbons (Fsp3) is 0.240. The van der Waals surface area contributed by atoms with Gasteiger partial charge in [0.15, 0.2) is 0 Å². The van der Waals surface area contributed by atoms with Crippen LogP contribution in [0.15, 0.2) is 65.6 Å². The molecule has 0 saturated carbocycles. The Morgan fingerprint density at radius 3 is 2.24 bits per heavy atom. The molecule has 3 aromatic rings. The maximum atomic E-state index is 13.7. The molecular weight excluding hydrogens is 463 g/mol. The zero-order valence-corrected chi connectivity index (χ0v) is 20.3. The summed E-state index contributed by atoms with van der Waals surface area (Å²) in [7, 11) is -3.97. The van der Waals surface area contributed by atoms with E-state index < -0.39 is 28.3 Å². The first-order valence-corrected chi connectivity index (χ1v) is 12.3. The van der Waals surface area contributed by atoms with Crippen molar-refractivity contribution in [2.75, 3.05) is 18.4 Å². The van der Waals surface area contributed by atoms with Gasteiger partial charge in [0.2, 0.25) is 15.9 Å². The zero-order chi connectivity index (χ0) is 24.2. The monoisotopic (exact) mass is 488 g/mol. The minimum atomic E-state index is -3.97. The number of aryl methyl sites for hydroxylation is 3. The molecule has 0 saturated heterocycles. The molecular formula is C25H26ClFN2O3S. The van der Waals surface area contributed by atoms with Crippen molar-refractivity contribution in [2.24, 2.45) is 0 Å². The van der Waals surface area contributed by atoms with E-state index in [0.29, 0.717) is 17.5 Å². The third-order valence-corrected chi connectivity index (χ3v) is 7.66. The van der Waals surface area contributed by atoms with Gasteiger partial charge >= 0.3 is 0 Å². The van der Waals surface area contributed by atoms with Gasteiger partial charge in [-0.15, -0.1) is 0 Å². The molecule has 0 fully saturated rings. The molecule has 0 aromatic heterocycles. The second-order valence-electron chi connectivity index (χ2n) is 7.98. The van der Waals surface area contributed by atoms with Crippen molar-refractivity contribution >= 4 is 33.2 Å². The van der Waals surface area contributed by atoms with Crippen LogP contribution in [0.5, 0.6) is 0 Å². The molecule has 0 unspecified atom stereocenters. The fourth-order valence-electron chi connectivity index (χ4n) is 3.82. The number of halogens is 2. The maximum Gasteiger partial charge on any atom is 0.244 e. The second-order valence-corrected chi connectivity index (χ2v) is 10.3. The van der Waals surface area contributed by atoms with Gasteiger partial charge in [0.25, 0.3) is 0 Å². The van der Waals surface area contributed by atoms with Crippen molar-refractivity contribution in [3.63, 3.8) is 0 Å². The SMILES string of the molecule is Cc1cc(C)c(S(=O)(=O)N(CCc2ccccc2)CC(=O)Nc2ccc(F)c(Cl)c2)c(C)c1. The number of rotatable bonds is 8. The molecule has 0 aliphatic rings. The summed E-state index contributed by atoms with van der Waals surface area (Å²) in [6, 6.07) is 16.9. The van der Waals surface area contributed by atoms with Crippen LogP contribution in [0.25, 0.3) is 0 Å². The summed E-state index contributed by atoms with van der Waals surface area (Å²) in [6.45, 7) is 5.14. The van der Waals surface area contributed by atoms with Crippen LogP contribution in [0.3, 0.4) is 0 Å². The van der Waals surface area contributed by atoms with Gasteiger partial charge in [-0.25, -0.2) is 12.8 Å². The van der Waals surface area contributed by atoms with E-state index in [0.717, 1.165) is 17.2 Å². The molecule has 1 amide bonds. The first-order chi connectivity index (χ1) is 15.6. The van der Waals surface area contributed by atoms with Crippen molar-refractivity contribution in [1.82, 2.24) is 4.31 Å². The predicted molar refractivity (Wildman–Crippen MR) is 130 cm³/mol. The van der Waals surface area contributed by atoms with Gasteiger partial charge in [-0.1, -0.05) is 59.6 Å². The lowest BCUT2D eigenvalue weighted by Gasteiger charge is -2.24. The van der Waals surface area contributed by atoms with Gasteiger partial charge in [0.1, 0.15) is 5.82 Å². The Hall–Kier alpha value is -2.74. The van der Waals surface area contributed by atoms with Crippen molar-refractivity contribution in [2.45, 2.75) is 32.1 Å². The molecule has 0 heterocycles. The molecule has 5 nitrogen and oxygen atoms in total. The average molecular weight is 489 g/mol. The first kappa shape index (κ1) is 24.9. The standard InChI is InChI=1S/C25H26ClFN2O3S/c1-17-13-18(2)25(19(3)14-17)33(31,32)29(12-11-20-7-5-4-6-8-20)16-24(30)28-21-9-10-23(27)22(26)15-21/h4-10,13-15H,11-12,16H2,1-3H3,(H,28,30). The highest BCUT2D eigenvalue weighted by atomic mass is 35.5. The van der Waals surface area contributed by atoms with Gasteiger partial charge in [0, 0.05) is 12.2 Å². The first-order valence-electron chi connectivity index (χ1n) is 10.4. The van der Waals surface area contributed by atoms with E-state index in [2.05, 4.69) is 5.32 Å². The van der Waals surface area contributed by atoms with Gasteiger partial charge < -0.3 is 5.32 Å². The Morgan fingerprint density at radius 1 is 1.00 bits per heavy atom. The number of benzene rings is 3. The number of nitrogens with one attached hydrogen (secondary N) is 1. The molecule has 8 heteroatoms. The molecule has 33 heavy (non-hydrogen) atoms. The quantitative estimate of drug-likeness (QED) is 0.469. The van der Waals surface area contributed by atoms with Crippen LogP contribution in [-0.2, 0) is 21.2 Å². The third kappa shape index (κ3) is 6.19. The van der Waals surface area contributed by atoms with Crippen molar-refractivity contribution in [3.05, 3.63) is 93.8 Å². The van der Waals surface area contributed by atoms with Crippen LogP contribution in [0, 0.1) is 26.6 Å². The second kappa shape index (κ2) is 10.5. The van der Waals surface area contributed by atoms with Crippen molar-refractivity contribution in [3.8, 4) is 0 Å². The van der Waals surface area contributed by atoms with E-state index in [4.69, 9.17) is 11.6 Å². The van der Waals surface area contributed by atoms with E-state index in [1.807, 2.05) is 49.4 Å².